The van der Waals surface area contributed by atoms with E-state index >= 15 is 0 Å². The van der Waals surface area contributed by atoms with E-state index in [9.17, 15) is 8.78 Å². The van der Waals surface area contributed by atoms with Crippen LogP contribution in [-0.2, 0) is 4.74 Å². The number of halogens is 2. The van der Waals surface area contributed by atoms with Crippen molar-refractivity contribution in [1.82, 2.24) is 5.32 Å². The van der Waals surface area contributed by atoms with Crippen LogP contribution in [0, 0.1) is 18.6 Å². The molecule has 1 fully saturated rings. The maximum Gasteiger partial charge on any atom is 0.128 e. The van der Waals surface area contributed by atoms with Gasteiger partial charge < -0.3 is 10.1 Å². The van der Waals surface area contributed by atoms with Crippen LogP contribution in [0.25, 0.3) is 0 Å². The van der Waals surface area contributed by atoms with E-state index < -0.39 is 0 Å². The van der Waals surface area contributed by atoms with E-state index in [1.807, 2.05) is 6.92 Å². The molecule has 1 unspecified atom stereocenters. The van der Waals surface area contributed by atoms with Crippen LogP contribution in [0.15, 0.2) is 12.1 Å². The molecular formula is C14H19F2NO. The number of rotatable bonds is 4. The summed E-state index contributed by atoms with van der Waals surface area (Å²) >= 11 is 0. The fourth-order valence-electron chi connectivity index (χ4n) is 2.33. The summed E-state index contributed by atoms with van der Waals surface area (Å²) in [7, 11) is 1.69. The summed E-state index contributed by atoms with van der Waals surface area (Å²) in [6, 6.07) is 2.67. The predicted molar refractivity (Wildman–Crippen MR) is 66.5 cm³/mol. The minimum absolute atomic E-state index is 0.192. The van der Waals surface area contributed by atoms with E-state index in [1.54, 1.807) is 14.0 Å². The Hall–Kier alpha value is -1.00. The summed E-state index contributed by atoms with van der Waals surface area (Å²) < 4.78 is 32.4. The Morgan fingerprint density at radius 2 is 1.94 bits per heavy atom. The Morgan fingerprint density at radius 3 is 2.56 bits per heavy atom. The molecule has 0 aliphatic heterocycles. The normalized spacial score (nSPS) is 24.7. The summed E-state index contributed by atoms with van der Waals surface area (Å²) in [6.07, 6.45) is 2.16. The average Bonchev–Trinajstić information content (AvgIpc) is 2.27. The lowest BCUT2D eigenvalue weighted by Crippen LogP contribution is -2.46. The molecule has 1 aromatic carbocycles. The van der Waals surface area contributed by atoms with Gasteiger partial charge in [-0.15, -0.1) is 0 Å². The van der Waals surface area contributed by atoms with Crippen LogP contribution in [0.3, 0.4) is 0 Å². The summed E-state index contributed by atoms with van der Waals surface area (Å²) in [4.78, 5) is 0. The van der Waals surface area contributed by atoms with Gasteiger partial charge in [0.2, 0.25) is 0 Å². The Bertz CT molecular complexity index is 430. The first-order valence-electron chi connectivity index (χ1n) is 6.25. The third kappa shape index (κ3) is 2.70. The molecular weight excluding hydrogens is 236 g/mol. The Labute approximate surface area is 106 Å². The van der Waals surface area contributed by atoms with Crippen molar-refractivity contribution in [1.29, 1.82) is 0 Å². The van der Waals surface area contributed by atoms with Crippen molar-refractivity contribution in [2.45, 2.75) is 44.9 Å². The minimum Gasteiger partial charge on any atom is -0.381 e. The van der Waals surface area contributed by atoms with Crippen molar-refractivity contribution >= 4 is 0 Å². The second-order valence-electron chi connectivity index (χ2n) is 5.04. The molecule has 1 N–H and O–H groups in total. The number of benzene rings is 1. The average molecular weight is 255 g/mol. The Balaban J connectivity index is 2.01. The molecule has 1 aliphatic carbocycles. The van der Waals surface area contributed by atoms with Gasteiger partial charge in [0.25, 0.3) is 0 Å². The van der Waals surface area contributed by atoms with Crippen LogP contribution >= 0.6 is 0 Å². The zero-order chi connectivity index (χ0) is 13.3. The molecule has 0 radical (unpaired) electrons. The maximum absolute atomic E-state index is 13.8. The van der Waals surface area contributed by atoms with Crippen LogP contribution in [0.5, 0.6) is 0 Å². The molecule has 1 atom stereocenters. The van der Waals surface area contributed by atoms with E-state index in [0.29, 0.717) is 23.3 Å². The topological polar surface area (TPSA) is 21.3 Å². The van der Waals surface area contributed by atoms with Gasteiger partial charge in [0.05, 0.1) is 6.10 Å². The maximum atomic E-state index is 13.8. The molecule has 2 nitrogen and oxygen atoms in total. The van der Waals surface area contributed by atoms with Gasteiger partial charge in [-0.05, 0) is 44.4 Å². The van der Waals surface area contributed by atoms with E-state index in [2.05, 4.69) is 5.32 Å². The second kappa shape index (κ2) is 5.33. The molecule has 2 rings (SSSR count). The molecule has 0 spiro atoms. The van der Waals surface area contributed by atoms with Gasteiger partial charge in [-0.3, -0.25) is 0 Å². The van der Waals surface area contributed by atoms with E-state index in [4.69, 9.17) is 4.74 Å². The lowest BCUT2D eigenvalue weighted by Gasteiger charge is -2.36. The van der Waals surface area contributed by atoms with Gasteiger partial charge in [-0.2, -0.15) is 0 Å². The molecule has 100 valence electrons. The first-order chi connectivity index (χ1) is 8.51. The molecule has 1 aromatic rings. The third-order valence-electron chi connectivity index (χ3n) is 3.66. The highest BCUT2D eigenvalue weighted by Gasteiger charge is 2.30. The van der Waals surface area contributed by atoms with Gasteiger partial charge in [0.1, 0.15) is 11.6 Å². The van der Waals surface area contributed by atoms with Crippen molar-refractivity contribution < 1.29 is 13.5 Å². The number of aryl methyl sites for hydroxylation is 1. The van der Waals surface area contributed by atoms with Crippen LogP contribution in [0.1, 0.15) is 36.9 Å². The number of methoxy groups -OCH3 is 1. The van der Waals surface area contributed by atoms with E-state index in [-0.39, 0.29) is 17.7 Å². The highest BCUT2D eigenvalue weighted by molar-refractivity contribution is 5.27. The molecule has 4 heteroatoms. The molecule has 0 bridgehead atoms. The standard InChI is InChI=1S/C14H19F2NO/c1-8-4-14(16)12(7-13(8)15)9(2)17-10-5-11(6-10)18-3/h4,7,9-11,17H,5-6H2,1-3H3. The van der Waals surface area contributed by atoms with Gasteiger partial charge in [-0.25, -0.2) is 8.78 Å². The smallest absolute Gasteiger partial charge is 0.128 e. The zero-order valence-electron chi connectivity index (χ0n) is 11.0. The summed E-state index contributed by atoms with van der Waals surface area (Å²) in [5.41, 5.74) is 0.727. The summed E-state index contributed by atoms with van der Waals surface area (Å²) in [6.45, 7) is 3.42. The van der Waals surface area contributed by atoms with Crippen LogP contribution in [0.4, 0.5) is 8.78 Å². The first-order valence-corrected chi connectivity index (χ1v) is 6.25. The van der Waals surface area contributed by atoms with Crippen molar-refractivity contribution in [3.8, 4) is 0 Å². The first kappa shape index (κ1) is 13.4. The molecule has 1 aliphatic rings. The van der Waals surface area contributed by atoms with Gasteiger partial charge in [0, 0.05) is 24.8 Å². The van der Waals surface area contributed by atoms with Crippen molar-refractivity contribution in [3.63, 3.8) is 0 Å². The fraction of sp³-hybridized carbons (Fsp3) is 0.571. The predicted octanol–water partition coefficient (Wildman–Crippen LogP) is 3.10. The highest BCUT2D eigenvalue weighted by atomic mass is 19.1. The minimum atomic E-state index is -0.358. The Morgan fingerprint density at radius 1 is 1.28 bits per heavy atom. The van der Waals surface area contributed by atoms with Gasteiger partial charge >= 0.3 is 0 Å². The highest BCUT2D eigenvalue weighted by Crippen LogP contribution is 2.27. The van der Waals surface area contributed by atoms with Crippen molar-refractivity contribution in [2.24, 2.45) is 0 Å². The van der Waals surface area contributed by atoms with Crippen molar-refractivity contribution in [2.75, 3.05) is 7.11 Å². The monoisotopic (exact) mass is 255 g/mol. The summed E-state index contributed by atoms with van der Waals surface area (Å²) in [5, 5.41) is 3.30. The van der Waals surface area contributed by atoms with Crippen LogP contribution in [-0.4, -0.2) is 19.3 Å². The number of ether oxygens (including phenoxy) is 1. The fourth-order valence-corrected chi connectivity index (χ4v) is 2.33. The third-order valence-corrected chi connectivity index (χ3v) is 3.66. The second-order valence-corrected chi connectivity index (χ2v) is 5.04. The van der Waals surface area contributed by atoms with Gasteiger partial charge in [-0.1, -0.05) is 0 Å². The SMILES string of the molecule is COC1CC(NC(C)c2cc(F)c(C)cc2F)C1. The van der Waals surface area contributed by atoms with E-state index in [0.717, 1.165) is 12.8 Å². The number of nitrogens with one attached hydrogen (secondary N) is 1. The lowest BCUT2D eigenvalue weighted by molar-refractivity contribution is 0.0146. The Kier molecular flexibility index (Phi) is 3.97. The molecule has 1 saturated carbocycles. The van der Waals surface area contributed by atoms with Gasteiger partial charge in [0.15, 0.2) is 0 Å². The number of hydrogen-bond donors (Lipinski definition) is 1. The van der Waals surface area contributed by atoms with E-state index in [1.165, 1.54) is 12.1 Å². The molecule has 0 aromatic heterocycles. The van der Waals surface area contributed by atoms with Crippen LogP contribution in [0.2, 0.25) is 0 Å². The largest absolute Gasteiger partial charge is 0.381 e. The quantitative estimate of drug-likeness (QED) is 0.892. The molecule has 0 amide bonds. The summed E-state index contributed by atoms with van der Waals surface area (Å²) in [5.74, 6) is -0.708. The number of hydrogen-bond acceptors (Lipinski definition) is 2. The molecule has 0 heterocycles. The zero-order valence-corrected chi connectivity index (χ0v) is 11.0. The lowest BCUT2D eigenvalue weighted by atomic mass is 9.88. The van der Waals surface area contributed by atoms with Crippen molar-refractivity contribution in [3.05, 3.63) is 34.9 Å². The van der Waals surface area contributed by atoms with Crippen LogP contribution < -0.4 is 5.32 Å². The molecule has 18 heavy (non-hydrogen) atoms. The molecule has 0 saturated heterocycles.